The standard InChI is InChI=1S/C16H27N5OS2/c1-17-24-16-20-19-14(23-16)18-15(22)21(12-8-4-2-5-9-12)13-10-6-3-7-11-13/h12-13,17H,2-11H2,1H3,(H,18,19,22). The topological polar surface area (TPSA) is 70.1 Å². The van der Waals surface area contributed by atoms with E-state index >= 15 is 0 Å². The number of nitrogens with one attached hydrogen (secondary N) is 2. The van der Waals surface area contributed by atoms with Crippen molar-refractivity contribution in [3.05, 3.63) is 0 Å². The van der Waals surface area contributed by atoms with Gasteiger partial charge in [0, 0.05) is 12.1 Å². The first-order valence-corrected chi connectivity index (χ1v) is 10.7. The number of carbonyl (C=O) groups excluding carboxylic acids is 1. The van der Waals surface area contributed by atoms with Crippen molar-refractivity contribution in [1.29, 1.82) is 0 Å². The Hall–Kier alpha value is -0.860. The van der Waals surface area contributed by atoms with Crippen LogP contribution in [0.2, 0.25) is 0 Å². The van der Waals surface area contributed by atoms with Crippen molar-refractivity contribution in [2.45, 2.75) is 80.6 Å². The Morgan fingerprint density at radius 2 is 1.62 bits per heavy atom. The molecule has 134 valence electrons. The SMILES string of the molecule is CNSc1nnc(NC(=O)N(C2CCCCC2)C2CCCCC2)s1. The van der Waals surface area contributed by atoms with Crippen LogP contribution in [0.1, 0.15) is 64.2 Å². The van der Waals surface area contributed by atoms with Crippen molar-refractivity contribution in [1.82, 2.24) is 19.8 Å². The average molecular weight is 370 g/mol. The number of amides is 2. The minimum atomic E-state index is 0.0194. The molecule has 24 heavy (non-hydrogen) atoms. The molecule has 0 radical (unpaired) electrons. The minimum Gasteiger partial charge on any atom is -0.319 e. The maximum Gasteiger partial charge on any atom is 0.324 e. The molecule has 3 rings (SSSR count). The zero-order valence-electron chi connectivity index (χ0n) is 14.3. The van der Waals surface area contributed by atoms with E-state index < -0.39 is 0 Å². The molecule has 8 heteroatoms. The zero-order chi connectivity index (χ0) is 16.8. The van der Waals surface area contributed by atoms with Crippen LogP contribution in [0, 0.1) is 0 Å². The lowest BCUT2D eigenvalue weighted by atomic mass is 9.89. The van der Waals surface area contributed by atoms with E-state index in [4.69, 9.17) is 0 Å². The highest BCUT2D eigenvalue weighted by molar-refractivity contribution is 7.99. The van der Waals surface area contributed by atoms with Gasteiger partial charge in [0.05, 0.1) is 0 Å². The predicted octanol–water partition coefficient (Wildman–Crippen LogP) is 4.26. The predicted molar refractivity (Wildman–Crippen MR) is 99.4 cm³/mol. The van der Waals surface area contributed by atoms with E-state index in [0.717, 1.165) is 30.0 Å². The molecule has 0 spiro atoms. The van der Waals surface area contributed by atoms with Crippen LogP contribution in [0.3, 0.4) is 0 Å². The number of hydrogen-bond donors (Lipinski definition) is 2. The second-order valence-electron chi connectivity index (χ2n) is 6.60. The van der Waals surface area contributed by atoms with E-state index in [1.165, 1.54) is 61.8 Å². The second-order valence-corrected chi connectivity index (χ2v) is 8.84. The largest absolute Gasteiger partial charge is 0.324 e. The Morgan fingerprint density at radius 3 is 2.17 bits per heavy atom. The van der Waals surface area contributed by atoms with Crippen LogP contribution in [0.15, 0.2) is 4.34 Å². The summed E-state index contributed by atoms with van der Waals surface area (Å²) in [5.41, 5.74) is 0. The molecule has 0 atom stereocenters. The lowest BCUT2D eigenvalue weighted by Gasteiger charge is -2.41. The maximum atomic E-state index is 13.0. The fourth-order valence-electron chi connectivity index (χ4n) is 3.89. The Morgan fingerprint density at radius 1 is 1.04 bits per heavy atom. The van der Waals surface area contributed by atoms with Crippen molar-refractivity contribution in [3.8, 4) is 0 Å². The van der Waals surface area contributed by atoms with E-state index in [9.17, 15) is 4.79 Å². The first-order chi connectivity index (χ1) is 11.8. The molecule has 1 aromatic heterocycles. The summed E-state index contributed by atoms with van der Waals surface area (Å²) in [4.78, 5) is 15.2. The molecule has 2 N–H and O–H groups in total. The first kappa shape index (κ1) is 17.9. The van der Waals surface area contributed by atoms with E-state index in [0.29, 0.717) is 17.2 Å². The van der Waals surface area contributed by atoms with Gasteiger partial charge in [0.25, 0.3) is 0 Å². The van der Waals surface area contributed by atoms with Gasteiger partial charge in [-0.3, -0.25) is 10.0 Å². The van der Waals surface area contributed by atoms with Crippen molar-refractivity contribution < 1.29 is 4.79 Å². The summed E-state index contributed by atoms with van der Waals surface area (Å²) in [6.07, 6.45) is 12.1. The summed E-state index contributed by atoms with van der Waals surface area (Å²) in [6, 6.07) is 0.799. The molecule has 0 bridgehead atoms. The number of nitrogens with zero attached hydrogens (tertiary/aromatic N) is 3. The summed E-state index contributed by atoms with van der Waals surface area (Å²) in [7, 11) is 1.85. The molecular weight excluding hydrogens is 342 g/mol. The highest BCUT2D eigenvalue weighted by Gasteiger charge is 2.32. The number of hydrogen-bond acceptors (Lipinski definition) is 6. The molecule has 0 unspecified atom stereocenters. The van der Waals surface area contributed by atoms with Crippen molar-refractivity contribution in [3.63, 3.8) is 0 Å². The van der Waals surface area contributed by atoms with Gasteiger partial charge in [0.1, 0.15) is 0 Å². The van der Waals surface area contributed by atoms with Gasteiger partial charge < -0.3 is 4.90 Å². The highest BCUT2D eigenvalue weighted by Crippen LogP contribution is 2.31. The third kappa shape index (κ3) is 4.61. The Kier molecular flexibility index (Phi) is 6.74. The van der Waals surface area contributed by atoms with Crippen LogP contribution in [-0.4, -0.2) is 40.3 Å². The van der Waals surface area contributed by atoms with Gasteiger partial charge in [0.15, 0.2) is 4.34 Å². The molecule has 2 amide bonds. The molecule has 0 aliphatic heterocycles. The van der Waals surface area contributed by atoms with Crippen molar-refractivity contribution >= 4 is 34.4 Å². The summed E-state index contributed by atoms with van der Waals surface area (Å²) >= 11 is 2.83. The molecule has 2 aliphatic rings. The molecule has 6 nitrogen and oxygen atoms in total. The average Bonchev–Trinajstić information content (AvgIpc) is 3.04. The Labute approximate surface area is 152 Å². The fraction of sp³-hybridized carbons (Fsp3) is 0.812. The number of urea groups is 1. The monoisotopic (exact) mass is 369 g/mol. The third-order valence-corrected chi connectivity index (χ3v) is 6.57. The molecule has 0 saturated heterocycles. The molecule has 0 aromatic carbocycles. The number of rotatable bonds is 5. The second kappa shape index (κ2) is 9.01. The Bertz CT molecular complexity index is 508. The van der Waals surface area contributed by atoms with Crippen LogP contribution in [0.25, 0.3) is 0 Å². The molecule has 1 aromatic rings. The van der Waals surface area contributed by atoms with E-state index in [-0.39, 0.29) is 6.03 Å². The molecular formula is C16H27N5OS2. The van der Waals surface area contributed by atoms with Gasteiger partial charge in [-0.05, 0) is 44.7 Å². The Balaban J connectivity index is 1.69. The van der Waals surface area contributed by atoms with Gasteiger partial charge in [-0.2, -0.15) is 0 Å². The number of anilines is 1. The zero-order valence-corrected chi connectivity index (χ0v) is 15.9. The van der Waals surface area contributed by atoms with Gasteiger partial charge in [-0.15, -0.1) is 10.2 Å². The van der Waals surface area contributed by atoms with Gasteiger partial charge in [0.2, 0.25) is 5.13 Å². The van der Waals surface area contributed by atoms with E-state index in [1.54, 1.807) is 0 Å². The summed E-state index contributed by atoms with van der Waals surface area (Å²) in [5, 5.41) is 11.8. The smallest absolute Gasteiger partial charge is 0.319 e. The third-order valence-electron chi connectivity index (χ3n) is 4.98. The summed E-state index contributed by atoms with van der Waals surface area (Å²) in [5.74, 6) is 0. The molecule has 2 saturated carbocycles. The quantitative estimate of drug-likeness (QED) is 0.599. The number of carbonyl (C=O) groups is 1. The normalized spacial score (nSPS) is 20.0. The van der Waals surface area contributed by atoms with Crippen LogP contribution < -0.4 is 10.0 Å². The van der Waals surface area contributed by atoms with E-state index in [2.05, 4.69) is 25.1 Å². The van der Waals surface area contributed by atoms with Crippen LogP contribution in [-0.2, 0) is 0 Å². The van der Waals surface area contributed by atoms with Crippen molar-refractivity contribution in [2.75, 3.05) is 12.4 Å². The van der Waals surface area contributed by atoms with Gasteiger partial charge in [-0.25, -0.2) is 4.79 Å². The summed E-state index contributed by atoms with van der Waals surface area (Å²) in [6.45, 7) is 0. The van der Waals surface area contributed by atoms with Gasteiger partial charge in [-0.1, -0.05) is 49.9 Å². The van der Waals surface area contributed by atoms with Crippen LogP contribution in [0.4, 0.5) is 9.93 Å². The highest BCUT2D eigenvalue weighted by atomic mass is 32.2. The first-order valence-electron chi connectivity index (χ1n) is 9.04. The molecule has 2 fully saturated rings. The minimum absolute atomic E-state index is 0.0194. The van der Waals surface area contributed by atoms with Gasteiger partial charge >= 0.3 is 6.03 Å². The molecule has 2 aliphatic carbocycles. The van der Waals surface area contributed by atoms with Crippen LogP contribution in [0.5, 0.6) is 0 Å². The van der Waals surface area contributed by atoms with Crippen LogP contribution >= 0.6 is 23.3 Å². The number of aromatic nitrogens is 2. The summed E-state index contributed by atoms with van der Waals surface area (Å²) < 4.78 is 3.79. The fourth-order valence-corrected chi connectivity index (χ4v) is 5.27. The lowest BCUT2D eigenvalue weighted by molar-refractivity contribution is 0.114. The maximum absolute atomic E-state index is 13.0. The lowest BCUT2D eigenvalue weighted by Crippen LogP contribution is -2.50. The molecule has 1 heterocycles. The van der Waals surface area contributed by atoms with E-state index in [1.807, 2.05) is 7.05 Å². The van der Waals surface area contributed by atoms with Crippen molar-refractivity contribution in [2.24, 2.45) is 0 Å².